The van der Waals surface area contributed by atoms with E-state index >= 15 is 0 Å². The Morgan fingerprint density at radius 2 is 2.00 bits per heavy atom. The smallest absolute Gasteiger partial charge is 0.0951 e. The van der Waals surface area contributed by atoms with E-state index in [1.165, 1.54) is 44.2 Å². The first-order valence-electron chi connectivity index (χ1n) is 7.07. The monoisotopic (exact) mass is 233 g/mol. The zero-order chi connectivity index (χ0) is 11.7. The Morgan fingerprint density at radius 1 is 1.24 bits per heavy atom. The van der Waals surface area contributed by atoms with Gasteiger partial charge in [0.15, 0.2) is 0 Å². The number of nitrogens with one attached hydrogen (secondary N) is 1. The second-order valence-corrected chi connectivity index (χ2v) is 5.86. The van der Waals surface area contributed by atoms with Gasteiger partial charge >= 0.3 is 0 Å². The molecule has 0 amide bonds. The predicted octanol–water partition coefficient (Wildman–Crippen LogP) is 2.89. The van der Waals surface area contributed by atoms with Gasteiger partial charge < -0.3 is 9.88 Å². The molecular weight excluding hydrogens is 210 g/mol. The molecule has 2 aliphatic rings. The molecule has 3 rings (SSSR count). The quantitative estimate of drug-likeness (QED) is 0.866. The van der Waals surface area contributed by atoms with E-state index in [-0.39, 0.29) is 0 Å². The lowest BCUT2D eigenvalue weighted by Gasteiger charge is -2.28. The molecule has 1 aromatic heterocycles. The summed E-state index contributed by atoms with van der Waals surface area (Å²) in [4.78, 5) is 4.34. The highest BCUT2D eigenvalue weighted by Crippen LogP contribution is 2.32. The van der Waals surface area contributed by atoms with Crippen LogP contribution in [-0.4, -0.2) is 15.6 Å². The second-order valence-electron chi connectivity index (χ2n) is 5.86. The average Bonchev–Trinajstić information content (AvgIpc) is 3.06. The Labute approximate surface area is 104 Å². The first-order valence-corrected chi connectivity index (χ1v) is 7.07. The van der Waals surface area contributed by atoms with E-state index in [9.17, 15) is 0 Å². The summed E-state index contributed by atoms with van der Waals surface area (Å²) < 4.78 is 2.42. The van der Waals surface area contributed by atoms with Crippen molar-refractivity contribution in [2.45, 2.75) is 64.1 Å². The molecule has 0 aromatic carbocycles. The van der Waals surface area contributed by atoms with Gasteiger partial charge in [0.25, 0.3) is 0 Å². The van der Waals surface area contributed by atoms with Crippen molar-refractivity contribution in [3.63, 3.8) is 0 Å². The van der Waals surface area contributed by atoms with Crippen LogP contribution in [0.2, 0.25) is 0 Å². The lowest BCUT2D eigenvalue weighted by Crippen LogP contribution is -2.22. The molecule has 0 atom stereocenters. The van der Waals surface area contributed by atoms with Gasteiger partial charge in [-0.05, 0) is 44.4 Å². The molecular formula is C14H23N3. The molecule has 0 aliphatic heterocycles. The summed E-state index contributed by atoms with van der Waals surface area (Å²) in [6.45, 7) is 3.37. The van der Waals surface area contributed by atoms with Crippen LogP contribution in [0.4, 0.5) is 0 Å². The van der Waals surface area contributed by atoms with E-state index in [0.717, 1.165) is 18.5 Å². The van der Waals surface area contributed by atoms with Crippen LogP contribution in [0.25, 0.3) is 0 Å². The van der Waals surface area contributed by atoms with Crippen molar-refractivity contribution >= 4 is 0 Å². The fourth-order valence-electron chi connectivity index (χ4n) is 2.85. The van der Waals surface area contributed by atoms with E-state index in [4.69, 9.17) is 0 Å². The van der Waals surface area contributed by atoms with Crippen molar-refractivity contribution in [2.24, 2.45) is 5.92 Å². The maximum atomic E-state index is 4.34. The van der Waals surface area contributed by atoms with Crippen molar-refractivity contribution in [1.82, 2.24) is 14.9 Å². The van der Waals surface area contributed by atoms with Crippen LogP contribution >= 0.6 is 0 Å². The number of aromatic nitrogens is 2. The molecule has 2 aliphatic carbocycles. The van der Waals surface area contributed by atoms with E-state index in [1.54, 1.807) is 0 Å². The summed E-state index contributed by atoms with van der Waals surface area (Å²) in [6, 6.07) is 1.48. The molecule has 17 heavy (non-hydrogen) atoms. The van der Waals surface area contributed by atoms with Crippen LogP contribution in [0, 0.1) is 5.92 Å². The van der Waals surface area contributed by atoms with Crippen molar-refractivity contribution in [3.8, 4) is 0 Å². The van der Waals surface area contributed by atoms with E-state index in [0.29, 0.717) is 6.04 Å². The average molecular weight is 233 g/mol. The van der Waals surface area contributed by atoms with Crippen LogP contribution in [0.3, 0.4) is 0 Å². The third-order valence-electron chi connectivity index (χ3n) is 4.27. The summed E-state index contributed by atoms with van der Waals surface area (Å²) in [5.41, 5.74) is 1.37. The zero-order valence-corrected chi connectivity index (χ0v) is 10.7. The van der Waals surface area contributed by atoms with Crippen molar-refractivity contribution in [2.75, 3.05) is 0 Å². The van der Waals surface area contributed by atoms with Crippen molar-refractivity contribution in [1.29, 1.82) is 0 Å². The molecule has 2 saturated carbocycles. The SMILES string of the molecule is CC1CCC(n2cncc2CNC2CC2)CC1. The van der Waals surface area contributed by atoms with E-state index in [2.05, 4.69) is 21.8 Å². The van der Waals surface area contributed by atoms with Gasteiger partial charge in [0.05, 0.1) is 12.0 Å². The zero-order valence-electron chi connectivity index (χ0n) is 10.7. The number of hydrogen-bond acceptors (Lipinski definition) is 2. The Balaban J connectivity index is 1.62. The van der Waals surface area contributed by atoms with Gasteiger partial charge in [-0.25, -0.2) is 4.98 Å². The predicted molar refractivity (Wildman–Crippen MR) is 68.8 cm³/mol. The number of nitrogens with zero attached hydrogens (tertiary/aromatic N) is 2. The molecule has 0 bridgehead atoms. The fourth-order valence-corrected chi connectivity index (χ4v) is 2.85. The molecule has 94 valence electrons. The maximum absolute atomic E-state index is 4.34. The molecule has 0 saturated heterocycles. The summed E-state index contributed by atoms with van der Waals surface area (Å²) in [5.74, 6) is 0.919. The van der Waals surface area contributed by atoms with Crippen molar-refractivity contribution in [3.05, 3.63) is 18.2 Å². The van der Waals surface area contributed by atoms with Gasteiger partial charge in [-0.3, -0.25) is 0 Å². The van der Waals surface area contributed by atoms with Crippen LogP contribution in [0.5, 0.6) is 0 Å². The van der Waals surface area contributed by atoms with Gasteiger partial charge in [0.2, 0.25) is 0 Å². The van der Waals surface area contributed by atoms with Crippen LogP contribution in [-0.2, 0) is 6.54 Å². The fraction of sp³-hybridized carbons (Fsp3) is 0.786. The Kier molecular flexibility index (Phi) is 3.19. The minimum absolute atomic E-state index is 0.699. The molecule has 0 spiro atoms. The first-order chi connectivity index (χ1) is 8.33. The first kappa shape index (κ1) is 11.3. The van der Waals surface area contributed by atoms with Crippen LogP contribution in [0.1, 0.15) is 57.2 Å². The van der Waals surface area contributed by atoms with Gasteiger partial charge in [-0.1, -0.05) is 6.92 Å². The summed E-state index contributed by atoms with van der Waals surface area (Å²) in [5, 5.41) is 3.59. The van der Waals surface area contributed by atoms with Gasteiger partial charge in [-0.15, -0.1) is 0 Å². The van der Waals surface area contributed by atoms with Gasteiger partial charge in [0, 0.05) is 24.8 Å². The van der Waals surface area contributed by atoms with Gasteiger partial charge in [0.1, 0.15) is 0 Å². The van der Waals surface area contributed by atoms with Crippen molar-refractivity contribution < 1.29 is 0 Å². The molecule has 0 unspecified atom stereocenters. The molecule has 3 nitrogen and oxygen atoms in total. The lowest BCUT2D eigenvalue weighted by atomic mass is 9.87. The maximum Gasteiger partial charge on any atom is 0.0951 e. The number of imidazole rings is 1. The van der Waals surface area contributed by atoms with E-state index < -0.39 is 0 Å². The highest BCUT2D eigenvalue weighted by molar-refractivity contribution is 5.02. The molecule has 1 N–H and O–H groups in total. The third-order valence-corrected chi connectivity index (χ3v) is 4.27. The second kappa shape index (κ2) is 4.81. The molecule has 0 radical (unpaired) electrons. The third kappa shape index (κ3) is 2.71. The Hall–Kier alpha value is -0.830. The highest BCUT2D eigenvalue weighted by atomic mass is 15.1. The summed E-state index contributed by atoms with van der Waals surface area (Å²) >= 11 is 0. The van der Waals surface area contributed by atoms with E-state index in [1.807, 2.05) is 12.5 Å². The van der Waals surface area contributed by atoms with Gasteiger partial charge in [-0.2, -0.15) is 0 Å². The standard InChI is InChI=1S/C14H23N3/c1-11-2-6-13(7-3-11)17-10-15-8-14(17)9-16-12-4-5-12/h8,10-13,16H,2-7,9H2,1H3. The largest absolute Gasteiger partial charge is 0.330 e. The van der Waals surface area contributed by atoms with Crippen LogP contribution in [0.15, 0.2) is 12.5 Å². The lowest BCUT2D eigenvalue weighted by molar-refractivity contribution is 0.284. The molecule has 1 heterocycles. The number of rotatable bonds is 4. The minimum atomic E-state index is 0.699. The number of hydrogen-bond donors (Lipinski definition) is 1. The Bertz CT molecular complexity index is 359. The summed E-state index contributed by atoms with van der Waals surface area (Å²) in [7, 11) is 0. The topological polar surface area (TPSA) is 29.9 Å². The van der Waals surface area contributed by atoms with Crippen LogP contribution < -0.4 is 5.32 Å². The minimum Gasteiger partial charge on any atom is -0.330 e. The normalized spacial score (nSPS) is 29.5. The molecule has 2 fully saturated rings. The highest BCUT2D eigenvalue weighted by Gasteiger charge is 2.23. The summed E-state index contributed by atoms with van der Waals surface area (Å²) in [6.07, 6.45) is 12.2. The Morgan fingerprint density at radius 3 is 2.71 bits per heavy atom. The molecule has 1 aromatic rings. The molecule has 3 heteroatoms.